The summed E-state index contributed by atoms with van der Waals surface area (Å²) < 4.78 is 0. The van der Waals surface area contributed by atoms with Gasteiger partial charge in [0.15, 0.2) is 0 Å². The lowest BCUT2D eigenvalue weighted by Gasteiger charge is -2.23. The number of urea groups is 1. The van der Waals surface area contributed by atoms with Crippen molar-refractivity contribution in [3.05, 3.63) is 0 Å². The molecule has 2 atom stereocenters. The van der Waals surface area contributed by atoms with E-state index in [9.17, 15) is 9.59 Å². The Morgan fingerprint density at radius 3 is 2.41 bits per heavy atom. The van der Waals surface area contributed by atoms with Crippen molar-refractivity contribution in [2.75, 3.05) is 20.1 Å². The van der Waals surface area contributed by atoms with Crippen LogP contribution in [0.25, 0.3) is 0 Å². The quantitative estimate of drug-likeness (QED) is 0.609. The van der Waals surface area contributed by atoms with Gasteiger partial charge in [0.2, 0.25) is 0 Å². The van der Waals surface area contributed by atoms with Gasteiger partial charge in [0.05, 0.1) is 0 Å². The first kappa shape index (κ1) is 15.7. The van der Waals surface area contributed by atoms with Crippen LogP contribution in [0.1, 0.15) is 27.2 Å². The van der Waals surface area contributed by atoms with E-state index in [0.29, 0.717) is 12.6 Å². The summed E-state index contributed by atoms with van der Waals surface area (Å²) in [6, 6.07) is -0.849. The average molecular weight is 245 g/mol. The van der Waals surface area contributed by atoms with Gasteiger partial charge in [-0.2, -0.15) is 0 Å². The molecular formula is C11H23N3O3. The van der Waals surface area contributed by atoms with Crippen LogP contribution in [0.15, 0.2) is 0 Å². The second kappa shape index (κ2) is 7.89. The number of rotatable bonds is 7. The molecule has 0 saturated heterocycles. The Balaban J connectivity index is 3.75. The molecule has 0 heterocycles. The standard InChI is InChI=1S/C11H23N3O3/c1-5-8(2)14(4)7-6-12-11(17)13-9(3)10(15)16/h8-9H,5-7H2,1-4H3,(H,15,16)(H2,12,13,17). The van der Waals surface area contributed by atoms with Crippen molar-refractivity contribution in [3.8, 4) is 0 Å². The summed E-state index contributed by atoms with van der Waals surface area (Å²) in [5.74, 6) is -1.04. The number of likely N-dealkylation sites (N-methyl/N-ethyl adjacent to an activating group) is 1. The van der Waals surface area contributed by atoms with E-state index in [1.165, 1.54) is 6.92 Å². The topological polar surface area (TPSA) is 81.7 Å². The molecular weight excluding hydrogens is 222 g/mol. The Labute approximate surface area is 102 Å². The molecule has 0 fully saturated rings. The van der Waals surface area contributed by atoms with E-state index in [-0.39, 0.29) is 0 Å². The number of nitrogens with zero attached hydrogens (tertiary/aromatic N) is 1. The number of carbonyl (C=O) groups excluding carboxylic acids is 1. The minimum Gasteiger partial charge on any atom is -0.480 e. The van der Waals surface area contributed by atoms with Crippen molar-refractivity contribution in [2.45, 2.75) is 39.3 Å². The van der Waals surface area contributed by atoms with E-state index in [0.717, 1.165) is 13.0 Å². The predicted molar refractivity (Wildman–Crippen MR) is 66.0 cm³/mol. The van der Waals surface area contributed by atoms with E-state index >= 15 is 0 Å². The molecule has 0 aliphatic rings. The van der Waals surface area contributed by atoms with E-state index in [1.807, 2.05) is 7.05 Å². The molecule has 2 amide bonds. The van der Waals surface area contributed by atoms with Gasteiger partial charge in [0.25, 0.3) is 0 Å². The zero-order chi connectivity index (χ0) is 13.4. The number of hydrogen-bond acceptors (Lipinski definition) is 3. The molecule has 3 N–H and O–H groups in total. The van der Waals surface area contributed by atoms with Crippen LogP contribution in [0, 0.1) is 0 Å². The molecule has 100 valence electrons. The molecule has 0 aromatic heterocycles. The second-order valence-electron chi connectivity index (χ2n) is 4.20. The predicted octanol–water partition coefficient (Wildman–Crippen LogP) is 0.489. The Bertz CT molecular complexity index is 258. The number of carboxylic acid groups (broad SMARTS) is 1. The number of nitrogens with one attached hydrogen (secondary N) is 2. The van der Waals surface area contributed by atoms with E-state index in [2.05, 4.69) is 29.4 Å². The number of hydrogen-bond donors (Lipinski definition) is 3. The highest BCUT2D eigenvalue weighted by Crippen LogP contribution is 1.97. The molecule has 0 aliphatic carbocycles. The van der Waals surface area contributed by atoms with Gasteiger partial charge >= 0.3 is 12.0 Å². The summed E-state index contributed by atoms with van der Waals surface area (Å²) in [5, 5.41) is 13.5. The highest BCUT2D eigenvalue weighted by atomic mass is 16.4. The first-order valence-electron chi connectivity index (χ1n) is 5.85. The molecule has 6 heteroatoms. The van der Waals surface area contributed by atoms with Crippen LogP contribution >= 0.6 is 0 Å². The molecule has 0 radical (unpaired) electrons. The number of carboxylic acids is 1. The van der Waals surface area contributed by atoms with Gasteiger partial charge in [-0.15, -0.1) is 0 Å². The maximum atomic E-state index is 11.3. The Morgan fingerprint density at radius 2 is 1.94 bits per heavy atom. The second-order valence-corrected chi connectivity index (χ2v) is 4.20. The highest BCUT2D eigenvalue weighted by molar-refractivity contribution is 5.82. The third-order valence-electron chi connectivity index (χ3n) is 2.81. The first-order valence-corrected chi connectivity index (χ1v) is 5.85. The number of aliphatic carboxylic acids is 1. The van der Waals surface area contributed by atoms with Gasteiger partial charge in [-0.1, -0.05) is 6.92 Å². The van der Waals surface area contributed by atoms with Gasteiger partial charge in [-0.05, 0) is 27.3 Å². The Hall–Kier alpha value is -1.30. The highest BCUT2D eigenvalue weighted by Gasteiger charge is 2.13. The minimum absolute atomic E-state index is 0.447. The smallest absolute Gasteiger partial charge is 0.325 e. The van der Waals surface area contributed by atoms with Crippen molar-refractivity contribution in [1.29, 1.82) is 0 Å². The fraction of sp³-hybridized carbons (Fsp3) is 0.818. The largest absolute Gasteiger partial charge is 0.480 e. The summed E-state index contributed by atoms with van der Waals surface area (Å²) in [4.78, 5) is 23.9. The van der Waals surface area contributed by atoms with Gasteiger partial charge in [-0.25, -0.2) is 4.79 Å². The van der Waals surface area contributed by atoms with Crippen LogP contribution in [0.3, 0.4) is 0 Å². The summed E-state index contributed by atoms with van der Waals surface area (Å²) in [6.07, 6.45) is 1.05. The summed E-state index contributed by atoms with van der Waals surface area (Å²) in [6.45, 7) is 6.89. The lowest BCUT2D eigenvalue weighted by atomic mass is 10.2. The monoisotopic (exact) mass is 245 g/mol. The van der Waals surface area contributed by atoms with Crippen LogP contribution in [0.4, 0.5) is 4.79 Å². The number of amides is 2. The molecule has 0 aromatic rings. The third kappa shape index (κ3) is 6.78. The lowest BCUT2D eigenvalue weighted by Crippen LogP contribution is -2.46. The molecule has 0 bridgehead atoms. The fourth-order valence-corrected chi connectivity index (χ4v) is 1.19. The summed E-state index contributed by atoms with van der Waals surface area (Å²) in [5.41, 5.74) is 0. The molecule has 0 aliphatic heterocycles. The first-order chi connectivity index (χ1) is 7.88. The zero-order valence-electron chi connectivity index (χ0n) is 11.0. The Morgan fingerprint density at radius 1 is 1.35 bits per heavy atom. The van der Waals surface area contributed by atoms with Crippen LogP contribution in [0.5, 0.6) is 0 Å². The average Bonchev–Trinajstić information content (AvgIpc) is 2.27. The molecule has 6 nitrogen and oxygen atoms in total. The van der Waals surface area contributed by atoms with Crippen LogP contribution < -0.4 is 10.6 Å². The van der Waals surface area contributed by atoms with Gasteiger partial charge < -0.3 is 20.6 Å². The molecule has 0 aromatic carbocycles. The van der Waals surface area contributed by atoms with Gasteiger partial charge in [-0.3, -0.25) is 4.79 Å². The van der Waals surface area contributed by atoms with Crippen LogP contribution in [-0.4, -0.2) is 54.2 Å². The summed E-state index contributed by atoms with van der Waals surface area (Å²) in [7, 11) is 1.99. The normalized spacial score (nSPS) is 14.2. The molecule has 2 unspecified atom stereocenters. The molecule has 0 saturated carbocycles. The van der Waals surface area contributed by atoms with Gasteiger partial charge in [0, 0.05) is 19.1 Å². The lowest BCUT2D eigenvalue weighted by molar-refractivity contribution is -0.138. The summed E-state index contributed by atoms with van der Waals surface area (Å²) >= 11 is 0. The minimum atomic E-state index is -1.04. The van der Waals surface area contributed by atoms with Crippen molar-refractivity contribution in [2.24, 2.45) is 0 Å². The molecule has 0 rings (SSSR count). The van der Waals surface area contributed by atoms with E-state index in [4.69, 9.17) is 5.11 Å². The maximum absolute atomic E-state index is 11.3. The van der Waals surface area contributed by atoms with Crippen molar-refractivity contribution >= 4 is 12.0 Å². The van der Waals surface area contributed by atoms with Crippen molar-refractivity contribution in [1.82, 2.24) is 15.5 Å². The molecule has 17 heavy (non-hydrogen) atoms. The fourth-order valence-electron chi connectivity index (χ4n) is 1.19. The van der Waals surface area contributed by atoms with Gasteiger partial charge in [0.1, 0.15) is 6.04 Å². The zero-order valence-corrected chi connectivity index (χ0v) is 11.0. The maximum Gasteiger partial charge on any atom is 0.325 e. The van der Waals surface area contributed by atoms with Crippen molar-refractivity contribution < 1.29 is 14.7 Å². The third-order valence-corrected chi connectivity index (χ3v) is 2.81. The number of carbonyl (C=O) groups is 2. The van der Waals surface area contributed by atoms with Crippen LogP contribution in [0.2, 0.25) is 0 Å². The van der Waals surface area contributed by atoms with Crippen LogP contribution in [-0.2, 0) is 4.79 Å². The SMILES string of the molecule is CCC(C)N(C)CCNC(=O)NC(C)C(=O)O. The van der Waals surface area contributed by atoms with E-state index in [1.54, 1.807) is 0 Å². The molecule has 0 spiro atoms. The van der Waals surface area contributed by atoms with E-state index < -0.39 is 18.0 Å². The van der Waals surface area contributed by atoms with Crippen molar-refractivity contribution in [3.63, 3.8) is 0 Å². The Kier molecular flexibility index (Phi) is 7.29.